The van der Waals surface area contributed by atoms with Crippen molar-refractivity contribution in [2.24, 2.45) is 5.41 Å². The fourth-order valence-electron chi connectivity index (χ4n) is 3.19. The van der Waals surface area contributed by atoms with Gasteiger partial charge < -0.3 is 20.7 Å². The van der Waals surface area contributed by atoms with Gasteiger partial charge in [0.05, 0.1) is 5.41 Å². The summed E-state index contributed by atoms with van der Waals surface area (Å²) in [6, 6.07) is 18.8. The summed E-state index contributed by atoms with van der Waals surface area (Å²) in [6.07, 6.45) is 1.07. The maximum absolute atomic E-state index is 12.9. The van der Waals surface area contributed by atoms with E-state index in [1.807, 2.05) is 60.7 Å². The molecule has 3 N–H and O–H groups in total. The summed E-state index contributed by atoms with van der Waals surface area (Å²) in [5.74, 6) is -0.0933. The molecule has 0 bridgehead atoms. The number of ether oxygens (including phenoxy) is 1. The molecule has 0 spiro atoms. The summed E-state index contributed by atoms with van der Waals surface area (Å²) in [7, 11) is 0. The predicted molar refractivity (Wildman–Crippen MR) is 104 cm³/mol. The maximum Gasteiger partial charge on any atom is 0.407 e. The van der Waals surface area contributed by atoms with Gasteiger partial charge in [-0.2, -0.15) is 0 Å². The molecule has 1 aliphatic heterocycles. The molecule has 3 rings (SSSR count). The predicted octanol–water partition coefficient (Wildman–Crippen LogP) is 2.92. The minimum Gasteiger partial charge on any atom is -0.445 e. The zero-order valence-electron chi connectivity index (χ0n) is 15.2. The molecule has 0 radical (unpaired) electrons. The van der Waals surface area contributed by atoms with Crippen molar-refractivity contribution in [3.63, 3.8) is 0 Å². The number of carbonyl (C=O) groups is 2. The summed E-state index contributed by atoms with van der Waals surface area (Å²) in [5.41, 5.74) is 0.975. The first kappa shape index (κ1) is 18.9. The van der Waals surface area contributed by atoms with Crippen LogP contribution in [0.2, 0.25) is 0 Å². The van der Waals surface area contributed by atoms with E-state index in [0.29, 0.717) is 13.0 Å². The first-order valence-electron chi connectivity index (χ1n) is 9.20. The van der Waals surface area contributed by atoms with Crippen LogP contribution in [0.4, 0.5) is 10.5 Å². The molecule has 6 heteroatoms. The van der Waals surface area contributed by atoms with Crippen LogP contribution in [-0.4, -0.2) is 31.6 Å². The molecule has 6 nitrogen and oxygen atoms in total. The largest absolute Gasteiger partial charge is 0.445 e. The minimum atomic E-state index is -0.695. The van der Waals surface area contributed by atoms with Gasteiger partial charge in [-0.05, 0) is 37.1 Å². The van der Waals surface area contributed by atoms with Crippen LogP contribution in [-0.2, 0) is 16.1 Å². The fourth-order valence-corrected chi connectivity index (χ4v) is 3.19. The van der Waals surface area contributed by atoms with E-state index in [-0.39, 0.29) is 19.1 Å². The Kier molecular flexibility index (Phi) is 6.44. The highest BCUT2D eigenvalue weighted by molar-refractivity contribution is 5.96. The van der Waals surface area contributed by atoms with Gasteiger partial charge in [0, 0.05) is 18.8 Å². The number of hydrogen-bond acceptors (Lipinski definition) is 4. The van der Waals surface area contributed by atoms with E-state index in [0.717, 1.165) is 24.2 Å². The van der Waals surface area contributed by atoms with Gasteiger partial charge in [-0.25, -0.2) is 4.79 Å². The van der Waals surface area contributed by atoms with Crippen LogP contribution in [0.15, 0.2) is 60.7 Å². The van der Waals surface area contributed by atoms with Crippen molar-refractivity contribution in [1.82, 2.24) is 10.6 Å². The SMILES string of the molecule is O=C(NCC1(C(=O)Nc2ccccc2)CCCNC1)OCc1ccccc1. The Hall–Kier alpha value is -2.86. The van der Waals surface area contributed by atoms with E-state index >= 15 is 0 Å². The molecule has 1 fully saturated rings. The third-order valence-electron chi connectivity index (χ3n) is 4.77. The molecule has 2 aromatic carbocycles. The highest BCUT2D eigenvalue weighted by Crippen LogP contribution is 2.27. The van der Waals surface area contributed by atoms with Crippen LogP contribution in [0.1, 0.15) is 18.4 Å². The second kappa shape index (κ2) is 9.19. The second-order valence-electron chi connectivity index (χ2n) is 6.80. The van der Waals surface area contributed by atoms with E-state index in [1.165, 1.54) is 0 Å². The van der Waals surface area contributed by atoms with Crippen molar-refractivity contribution in [2.75, 3.05) is 25.0 Å². The average molecular weight is 367 g/mol. The average Bonchev–Trinajstić information content (AvgIpc) is 2.73. The Balaban J connectivity index is 1.57. The lowest BCUT2D eigenvalue weighted by molar-refractivity contribution is -0.126. The molecule has 0 aromatic heterocycles. The zero-order valence-corrected chi connectivity index (χ0v) is 15.2. The van der Waals surface area contributed by atoms with Gasteiger partial charge in [-0.3, -0.25) is 4.79 Å². The maximum atomic E-state index is 12.9. The van der Waals surface area contributed by atoms with Crippen molar-refractivity contribution in [3.05, 3.63) is 66.2 Å². The first-order chi connectivity index (χ1) is 13.2. The minimum absolute atomic E-state index is 0.0933. The summed E-state index contributed by atoms with van der Waals surface area (Å²) >= 11 is 0. The topological polar surface area (TPSA) is 79.5 Å². The van der Waals surface area contributed by atoms with Crippen LogP contribution in [0, 0.1) is 5.41 Å². The molecule has 1 atom stereocenters. The number of amides is 2. The smallest absolute Gasteiger partial charge is 0.407 e. The van der Waals surface area contributed by atoms with Gasteiger partial charge in [0.25, 0.3) is 0 Å². The lowest BCUT2D eigenvalue weighted by Gasteiger charge is -2.36. The number of benzene rings is 2. The van der Waals surface area contributed by atoms with Gasteiger partial charge in [0.2, 0.25) is 5.91 Å². The molecule has 2 amide bonds. The molecule has 27 heavy (non-hydrogen) atoms. The first-order valence-corrected chi connectivity index (χ1v) is 9.20. The molecule has 0 aliphatic carbocycles. The Morgan fingerprint density at radius 2 is 1.74 bits per heavy atom. The lowest BCUT2D eigenvalue weighted by Crippen LogP contribution is -2.54. The summed E-state index contributed by atoms with van der Waals surface area (Å²) < 4.78 is 5.26. The van der Waals surface area contributed by atoms with Crippen molar-refractivity contribution >= 4 is 17.7 Å². The number of alkyl carbamates (subject to hydrolysis) is 1. The number of nitrogens with one attached hydrogen (secondary N) is 3. The standard InChI is InChI=1S/C21H25N3O3/c25-19(24-18-10-5-2-6-11-18)21(12-7-13-22-15-21)16-23-20(26)27-14-17-8-3-1-4-9-17/h1-6,8-11,22H,7,12-16H2,(H,23,26)(H,24,25). The number of carbonyl (C=O) groups excluding carboxylic acids is 2. The zero-order chi connectivity index (χ0) is 19.0. The Bertz CT molecular complexity index is 744. The molecular weight excluding hydrogens is 342 g/mol. The highest BCUT2D eigenvalue weighted by atomic mass is 16.5. The molecular formula is C21H25N3O3. The Labute approximate surface area is 159 Å². The number of para-hydroxylation sites is 1. The Morgan fingerprint density at radius 1 is 1.04 bits per heavy atom. The number of hydrogen-bond donors (Lipinski definition) is 3. The van der Waals surface area contributed by atoms with Crippen molar-refractivity contribution in [1.29, 1.82) is 0 Å². The molecule has 1 unspecified atom stereocenters. The number of anilines is 1. The molecule has 1 heterocycles. The van der Waals surface area contributed by atoms with Gasteiger partial charge in [0.15, 0.2) is 0 Å². The van der Waals surface area contributed by atoms with Gasteiger partial charge in [0.1, 0.15) is 6.61 Å². The van der Waals surface area contributed by atoms with E-state index in [9.17, 15) is 9.59 Å². The molecule has 0 saturated carbocycles. The monoisotopic (exact) mass is 367 g/mol. The molecule has 2 aromatic rings. The lowest BCUT2D eigenvalue weighted by atomic mass is 9.79. The molecule has 142 valence electrons. The molecule has 1 saturated heterocycles. The van der Waals surface area contributed by atoms with Crippen LogP contribution in [0.3, 0.4) is 0 Å². The van der Waals surface area contributed by atoms with Crippen molar-refractivity contribution in [2.45, 2.75) is 19.4 Å². The number of piperidine rings is 1. The summed E-state index contributed by atoms with van der Waals surface area (Å²) in [4.78, 5) is 25.0. The van der Waals surface area contributed by atoms with Crippen molar-refractivity contribution in [3.8, 4) is 0 Å². The third-order valence-corrected chi connectivity index (χ3v) is 4.77. The summed E-state index contributed by atoms with van der Waals surface area (Å²) in [6.45, 7) is 1.82. The van der Waals surface area contributed by atoms with E-state index < -0.39 is 11.5 Å². The van der Waals surface area contributed by atoms with Crippen LogP contribution >= 0.6 is 0 Å². The fraction of sp³-hybridized carbons (Fsp3) is 0.333. The second-order valence-corrected chi connectivity index (χ2v) is 6.80. The Morgan fingerprint density at radius 3 is 2.41 bits per heavy atom. The van der Waals surface area contributed by atoms with E-state index in [2.05, 4.69) is 16.0 Å². The van der Waals surface area contributed by atoms with Gasteiger partial charge >= 0.3 is 6.09 Å². The van der Waals surface area contributed by atoms with E-state index in [1.54, 1.807) is 0 Å². The van der Waals surface area contributed by atoms with Crippen molar-refractivity contribution < 1.29 is 14.3 Å². The molecule has 1 aliphatic rings. The van der Waals surface area contributed by atoms with E-state index in [4.69, 9.17) is 4.74 Å². The normalized spacial score (nSPS) is 19.1. The van der Waals surface area contributed by atoms with Gasteiger partial charge in [-0.15, -0.1) is 0 Å². The van der Waals surface area contributed by atoms with Crippen LogP contribution in [0.25, 0.3) is 0 Å². The third kappa shape index (κ3) is 5.31. The van der Waals surface area contributed by atoms with Crippen LogP contribution in [0.5, 0.6) is 0 Å². The van der Waals surface area contributed by atoms with Gasteiger partial charge in [-0.1, -0.05) is 48.5 Å². The summed E-state index contributed by atoms with van der Waals surface area (Å²) in [5, 5.41) is 9.00. The highest BCUT2D eigenvalue weighted by Gasteiger charge is 2.40. The van der Waals surface area contributed by atoms with Crippen LogP contribution < -0.4 is 16.0 Å². The quantitative estimate of drug-likeness (QED) is 0.733. The number of rotatable bonds is 6.